The molecule has 2 aromatic carbocycles. The third-order valence-corrected chi connectivity index (χ3v) is 3.09. The van der Waals surface area contributed by atoms with Crippen LogP contribution in [0.4, 0.5) is 32.0 Å². The molecule has 0 aromatic heterocycles. The molecule has 0 fully saturated rings. The second-order valence-corrected chi connectivity index (χ2v) is 4.94. The van der Waals surface area contributed by atoms with Gasteiger partial charge < -0.3 is 10.1 Å². The lowest BCUT2D eigenvalue weighted by molar-refractivity contribution is -0.138. The molecule has 0 heterocycles. The van der Waals surface area contributed by atoms with Gasteiger partial charge in [0.25, 0.3) is 0 Å². The summed E-state index contributed by atoms with van der Waals surface area (Å²) in [5.74, 6) is -5.83. The molecule has 2 rings (SSSR count). The van der Waals surface area contributed by atoms with Crippen LogP contribution in [0.25, 0.3) is 0 Å². The Kier molecular flexibility index (Phi) is 5.61. The molecular weight excluding hydrogens is 376 g/mol. The minimum absolute atomic E-state index is 0.0359. The van der Waals surface area contributed by atoms with Gasteiger partial charge in [0.1, 0.15) is 23.5 Å². The van der Waals surface area contributed by atoms with Crippen molar-refractivity contribution in [3.05, 3.63) is 65.1 Å². The molecule has 0 bridgehead atoms. The monoisotopic (exact) mass is 383 g/mol. The van der Waals surface area contributed by atoms with E-state index < -0.39 is 40.7 Å². The first kappa shape index (κ1) is 19.7. The molecule has 2 aromatic rings. The zero-order valence-corrected chi connectivity index (χ0v) is 13.0. The lowest BCUT2D eigenvalue weighted by atomic mass is 10.2. The molecule has 0 aliphatic rings. The third kappa shape index (κ3) is 4.70. The van der Waals surface area contributed by atoms with E-state index >= 15 is 0 Å². The van der Waals surface area contributed by atoms with E-state index in [2.05, 4.69) is 5.32 Å². The topological polar surface area (TPSA) is 68.8 Å². The number of halogens is 6. The van der Waals surface area contributed by atoms with Gasteiger partial charge in [-0.05, 0) is 24.3 Å². The Bertz CT molecular complexity index is 947. The molecule has 0 unspecified atom stereocenters. The Hall–Kier alpha value is -3.66. The second kappa shape index (κ2) is 7.70. The van der Waals surface area contributed by atoms with Crippen molar-refractivity contribution in [3.8, 4) is 23.6 Å². The highest BCUT2D eigenvalue weighted by Crippen LogP contribution is 2.37. The molecule has 1 N–H and O–H groups in total. The Balaban J connectivity index is 2.44. The van der Waals surface area contributed by atoms with Gasteiger partial charge in [-0.3, -0.25) is 0 Å². The largest absolute Gasteiger partial charge is 0.449 e. The van der Waals surface area contributed by atoms with Crippen molar-refractivity contribution >= 4 is 5.69 Å². The predicted octanol–water partition coefficient (Wildman–Crippen LogP) is 5.26. The molecule has 0 aliphatic carbocycles. The van der Waals surface area contributed by atoms with Crippen molar-refractivity contribution in [1.29, 1.82) is 10.5 Å². The highest BCUT2D eigenvalue weighted by molar-refractivity contribution is 5.60. The number of alkyl halides is 3. The number of hydrogen-bond acceptors (Lipinski definition) is 4. The Morgan fingerprint density at radius 3 is 2.11 bits per heavy atom. The van der Waals surface area contributed by atoms with E-state index in [0.29, 0.717) is 6.07 Å². The smallest absolute Gasteiger partial charge is 0.416 e. The lowest BCUT2D eigenvalue weighted by Gasteiger charge is -2.14. The minimum Gasteiger partial charge on any atom is -0.449 e. The minimum atomic E-state index is -4.97. The first-order valence-electron chi connectivity index (χ1n) is 6.96. The van der Waals surface area contributed by atoms with Crippen LogP contribution in [-0.2, 0) is 6.18 Å². The Morgan fingerprint density at radius 2 is 1.59 bits per heavy atom. The van der Waals surface area contributed by atoms with Gasteiger partial charge in [0.05, 0.1) is 11.3 Å². The molecule has 0 radical (unpaired) electrons. The Labute approximate surface area is 148 Å². The number of benzene rings is 2. The maximum absolute atomic E-state index is 13.9. The molecule has 27 heavy (non-hydrogen) atoms. The van der Waals surface area contributed by atoms with Gasteiger partial charge in [0, 0.05) is 12.3 Å². The zero-order valence-electron chi connectivity index (χ0n) is 13.0. The van der Waals surface area contributed by atoms with E-state index in [4.69, 9.17) is 15.3 Å². The summed E-state index contributed by atoms with van der Waals surface area (Å²) >= 11 is 0. The van der Waals surface area contributed by atoms with Crippen LogP contribution in [0.1, 0.15) is 5.56 Å². The summed E-state index contributed by atoms with van der Waals surface area (Å²) in [6, 6.07) is 5.88. The molecule has 0 spiro atoms. The van der Waals surface area contributed by atoms with Crippen molar-refractivity contribution in [2.45, 2.75) is 6.18 Å². The van der Waals surface area contributed by atoms with Gasteiger partial charge in [0.2, 0.25) is 0 Å². The predicted molar refractivity (Wildman–Crippen MR) is 80.8 cm³/mol. The van der Waals surface area contributed by atoms with E-state index in [9.17, 15) is 26.3 Å². The van der Waals surface area contributed by atoms with Crippen LogP contribution in [-0.4, -0.2) is 0 Å². The number of anilines is 1. The van der Waals surface area contributed by atoms with E-state index in [1.165, 1.54) is 12.1 Å². The molecule has 4 nitrogen and oxygen atoms in total. The number of rotatable bonds is 4. The van der Waals surface area contributed by atoms with Crippen LogP contribution in [0.2, 0.25) is 0 Å². The van der Waals surface area contributed by atoms with Crippen LogP contribution < -0.4 is 10.1 Å². The maximum atomic E-state index is 13.9. The van der Waals surface area contributed by atoms with Gasteiger partial charge in [0.15, 0.2) is 23.1 Å². The van der Waals surface area contributed by atoms with Crippen LogP contribution in [0.5, 0.6) is 11.5 Å². The van der Waals surface area contributed by atoms with Crippen LogP contribution in [0.3, 0.4) is 0 Å². The summed E-state index contributed by atoms with van der Waals surface area (Å²) in [7, 11) is 0. The summed E-state index contributed by atoms with van der Waals surface area (Å²) in [5, 5.41) is 19.7. The van der Waals surface area contributed by atoms with Gasteiger partial charge in [-0.15, -0.1) is 0 Å². The third-order valence-electron chi connectivity index (χ3n) is 3.09. The number of nitrogens with zero attached hydrogens (tertiary/aromatic N) is 2. The fourth-order valence-corrected chi connectivity index (χ4v) is 1.87. The van der Waals surface area contributed by atoms with Crippen LogP contribution in [0, 0.1) is 40.1 Å². The molecular formula is C17H7F6N3O. The lowest BCUT2D eigenvalue weighted by Crippen LogP contribution is -2.07. The summed E-state index contributed by atoms with van der Waals surface area (Å²) < 4.78 is 83.9. The number of ether oxygens (including phenoxy) is 1. The Morgan fingerprint density at radius 1 is 1.00 bits per heavy atom. The molecule has 138 valence electrons. The molecule has 0 atom stereocenters. The van der Waals surface area contributed by atoms with Gasteiger partial charge in [-0.25, -0.2) is 13.2 Å². The molecule has 0 amide bonds. The zero-order chi connectivity index (χ0) is 20.2. The molecule has 10 heteroatoms. The van der Waals surface area contributed by atoms with E-state index in [-0.39, 0.29) is 23.4 Å². The van der Waals surface area contributed by atoms with E-state index in [1.807, 2.05) is 0 Å². The summed E-state index contributed by atoms with van der Waals surface area (Å²) in [5.41, 5.74) is -2.02. The normalized spacial score (nSPS) is 10.5. The highest BCUT2D eigenvalue weighted by Gasteiger charge is 2.33. The summed E-state index contributed by atoms with van der Waals surface area (Å²) in [4.78, 5) is 0. The molecule has 0 saturated heterocycles. The SMILES string of the molecule is N#CC(C#N)=CNc1ccc(F)cc1Oc1c(F)cc(C(F)(F)F)cc1F. The van der Waals surface area contributed by atoms with Crippen molar-refractivity contribution in [3.63, 3.8) is 0 Å². The average molecular weight is 383 g/mol. The van der Waals surface area contributed by atoms with Crippen molar-refractivity contribution in [2.24, 2.45) is 0 Å². The van der Waals surface area contributed by atoms with Crippen LogP contribution in [0.15, 0.2) is 42.1 Å². The van der Waals surface area contributed by atoms with Gasteiger partial charge >= 0.3 is 6.18 Å². The first-order valence-corrected chi connectivity index (χ1v) is 6.96. The molecule has 0 aliphatic heterocycles. The highest BCUT2D eigenvalue weighted by atomic mass is 19.4. The maximum Gasteiger partial charge on any atom is 0.416 e. The van der Waals surface area contributed by atoms with E-state index in [0.717, 1.165) is 18.3 Å². The fourth-order valence-electron chi connectivity index (χ4n) is 1.87. The number of hydrogen-bond donors (Lipinski definition) is 1. The standard InChI is InChI=1S/C17H7F6N3O/c18-11-1-2-14(26-8-9(6-24)7-25)15(5-11)27-16-12(19)3-10(4-13(16)20)17(21,22)23/h1-5,8,26H. The van der Waals surface area contributed by atoms with Gasteiger partial charge in [-0.2, -0.15) is 23.7 Å². The summed E-state index contributed by atoms with van der Waals surface area (Å²) in [6.45, 7) is 0. The number of nitriles is 2. The average Bonchev–Trinajstić information content (AvgIpc) is 2.59. The molecule has 0 saturated carbocycles. The quantitative estimate of drug-likeness (QED) is 0.578. The van der Waals surface area contributed by atoms with Gasteiger partial charge in [-0.1, -0.05) is 0 Å². The number of nitrogens with one attached hydrogen (secondary N) is 1. The van der Waals surface area contributed by atoms with Crippen LogP contribution >= 0.6 is 0 Å². The fraction of sp³-hybridized carbons (Fsp3) is 0.0588. The number of allylic oxidation sites excluding steroid dienone is 1. The first-order chi connectivity index (χ1) is 12.7. The summed E-state index contributed by atoms with van der Waals surface area (Å²) in [6.07, 6.45) is -4.04. The van der Waals surface area contributed by atoms with E-state index in [1.54, 1.807) is 0 Å². The van der Waals surface area contributed by atoms with Crippen molar-refractivity contribution in [1.82, 2.24) is 0 Å². The van der Waals surface area contributed by atoms with Crippen molar-refractivity contribution in [2.75, 3.05) is 5.32 Å². The second-order valence-electron chi connectivity index (χ2n) is 4.94. The van der Waals surface area contributed by atoms with Crippen molar-refractivity contribution < 1.29 is 31.1 Å².